The van der Waals surface area contributed by atoms with Gasteiger partial charge in [-0.3, -0.25) is 9.59 Å². The summed E-state index contributed by atoms with van der Waals surface area (Å²) in [5.41, 5.74) is 0. The molecule has 0 aliphatic heterocycles. The minimum atomic E-state index is -1.63. The normalized spacial score (nSPS) is 13.4. The molecule has 0 aromatic carbocycles. The van der Waals surface area contributed by atoms with Crippen LogP contribution in [0.5, 0.6) is 0 Å². The van der Waals surface area contributed by atoms with Crippen LogP contribution >= 0.6 is 0 Å². The quantitative estimate of drug-likeness (QED) is 0.0195. The predicted molar refractivity (Wildman–Crippen MR) is 343 cm³/mol. The van der Waals surface area contributed by atoms with Crippen LogP contribution in [0.3, 0.4) is 0 Å². The van der Waals surface area contributed by atoms with Gasteiger partial charge in [0, 0.05) is 12.8 Å². The molecule has 0 N–H and O–H groups in total. The Morgan fingerprint density at radius 3 is 0.988 bits per heavy atom. The lowest BCUT2D eigenvalue weighted by Crippen LogP contribution is -2.44. The van der Waals surface area contributed by atoms with E-state index in [0.29, 0.717) is 17.4 Å². The number of hydrogen-bond acceptors (Lipinski definition) is 8. The van der Waals surface area contributed by atoms with E-state index in [0.717, 1.165) is 116 Å². The Morgan fingerprint density at radius 2 is 0.667 bits per heavy atom. The highest BCUT2D eigenvalue weighted by atomic mass is 16.7. The lowest BCUT2D eigenvalue weighted by Gasteiger charge is -2.26. The van der Waals surface area contributed by atoms with E-state index in [4.69, 9.17) is 18.9 Å². The summed E-state index contributed by atoms with van der Waals surface area (Å²) in [6.45, 7) is 4.52. The Kier molecular flexibility index (Phi) is 58.9. The van der Waals surface area contributed by atoms with Gasteiger partial charge in [-0.1, -0.05) is 271 Å². The fourth-order valence-electron chi connectivity index (χ4n) is 9.03. The smallest absolute Gasteiger partial charge is 0.306 e. The summed E-state index contributed by atoms with van der Waals surface area (Å²) in [5, 5.41) is 11.8. The maximum absolute atomic E-state index is 12.9. The van der Waals surface area contributed by atoms with E-state index in [1.54, 1.807) is 0 Å². The van der Waals surface area contributed by atoms with Crippen molar-refractivity contribution in [2.75, 3.05) is 47.5 Å². The number of hydrogen-bond donors (Lipinski definition) is 0. The number of ether oxygens (including phenoxy) is 4. The van der Waals surface area contributed by atoms with Crippen molar-refractivity contribution in [1.29, 1.82) is 0 Å². The average Bonchev–Trinajstić information content (AvgIpc) is 3.44. The number of carboxylic acids is 1. The highest BCUT2D eigenvalue weighted by molar-refractivity contribution is 5.70. The molecule has 0 saturated heterocycles. The lowest BCUT2D eigenvalue weighted by atomic mass is 10.0. The van der Waals surface area contributed by atoms with Gasteiger partial charge in [-0.2, -0.15) is 0 Å². The molecule has 0 bridgehead atoms. The van der Waals surface area contributed by atoms with Crippen LogP contribution in [-0.2, 0) is 33.3 Å². The van der Waals surface area contributed by atoms with Crippen LogP contribution in [0.2, 0.25) is 0 Å². The molecule has 0 spiro atoms. The molecule has 464 valence electrons. The molecule has 2 atom stereocenters. The number of carbonyl (C=O) groups is 3. The molecule has 0 aromatic heterocycles. The molecule has 0 aliphatic carbocycles. The number of nitrogens with zero attached hydrogens (tertiary/aromatic N) is 1. The molecule has 0 fully saturated rings. The fraction of sp³-hybridized carbons (Fsp3) is 0.708. The van der Waals surface area contributed by atoms with Crippen LogP contribution in [0.25, 0.3) is 0 Å². The Labute approximate surface area is 498 Å². The first-order valence-corrected chi connectivity index (χ1v) is 33.0. The first-order chi connectivity index (χ1) is 39.6. The summed E-state index contributed by atoms with van der Waals surface area (Å²) >= 11 is 0. The molecular formula is C72H123NO8. The van der Waals surface area contributed by atoms with Gasteiger partial charge in [0.25, 0.3) is 0 Å². The third-order valence-corrected chi connectivity index (χ3v) is 14.0. The zero-order chi connectivity index (χ0) is 59.1. The molecule has 0 aliphatic rings. The lowest BCUT2D eigenvalue weighted by molar-refractivity contribution is -0.870. The molecule has 0 heterocycles. The zero-order valence-electron chi connectivity index (χ0n) is 52.9. The Hall–Kier alpha value is -4.05. The first-order valence-electron chi connectivity index (χ1n) is 33.0. The maximum atomic E-state index is 12.9. The molecule has 0 saturated carbocycles. The van der Waals surface area contributed by atoms with Gasteiger partial charge in [0.1, 0.15) is 13.2 Å². The molecule has 0 radical (unpaired) electrons. The largest absolute Gasteiger partial charge is 0.545 e. The van der Waals surface area contributed by atoms with Crippen molar-refractivity contribution in [3.8, 4) is 0 Å². The van der Waals surface area contributed by atoms with Crippen LogP contribution in [0, 0.1) is 0 Å². The predicted octanol–water partition coefficient (Wildman–Crippen LogP) is 18.9. The van der Waals surface area contributed by atoms with E-state index in [2.05, 4.69) is 123 Å². The maximum Gasteiger partial charge on any atom is 0.306 e. The number of aliphatic carboxylic acids is 1. The van der Waals surface area contributed by atoms with Gasteiger partial charge in [-0.25, -0.2) is 0 Å². The minimum Gasteiger partial charge on any atom is -0.545 e. The van der Waals surface area contributed by atoms with E-state index in [1.807, 2.05) is 21.1 Å². The summed E-state index contributed by atoms with van der Waals surface area (Å²) in [6, 6.07) is 0. The molecule has 81 heavy (non-hydrogen) atoms. The van der Waals surface area contributed by atoms with Crippen molar-refractivity contribution in [2.24, 2.45) is 0 Å². The van der Waals surface area contributed by atoms with Gasteiger partial charge in [-0.05, 0) is 96.3 Å². The molecule has 0 rings (SSSR count). The highest BCUT2D eigenvalue weighted by Gasteiger charge is 2.22. The topological polar surface area (TPSA) is 111 Å². The van der Waals surface area contributed by atoms with Gasteiger partial charge >= 0.3 is 11.9 Å². The second kappa shape index (κ2) is 62.0. The minimum absolute atomic E-state index is 0.142. The van der Waals surface area contributed by atoms with Crippen molar-refractivity contribution in [3.63, 3.8) is 0 Å². The number of quaternary nitrogens is 1. The standard InChI is InChI=1S/C72H123NO8/c1-6-8-10-12-14-16-18-20-22-24-26-27-28-29-30-31-32-33-34-35-36-37-38-39-40-41-42-43-45-47-49-51-53-55-57-59-61-63-70(75)81-68(67-80-72(71(76)77)78-65-64-73(3,4)5)66-79-69(74)62-60-58-56-54-52-50-48-46-44-25-23-21-19-17-15-13-11-9-7-2/h8-11,14-17,20-23,26-27,29-30,44,46,68,72H,6-7,12-13,18-19,24-25,28,31-43,45,47-67H2,1-5H3/b10-8-,11-9-,16-14-,17-15-,22-20-,23-21-,27-26-,30-29-,46-44-. The number of carbonyl (C=O) groups excluding carboxylic acids is 3. The average molecular weight is 1130 g/mol. The van der Waals surface area contributed by atoms with Crippen LogP contribution in [0.15, 0.2) is 109 Å². The second-order valence-electron chi connectivity index (χ2n) is 23.0. The Bertz CT molecular complexity index is 1700. The summed E-state index contributed by atoms with van der Waals surface area (Å²) in [4.78, 5) is 37.4. The summed E-state index contributed by atoms with van der Waals surface area (Å²) < 4.78 is 22.7. The Balaban J connectivity index is 4.07. The van der Waals surface area contributed by atoms with Crippen LogP contribution in [0.1, 0.15) is 271 Å². The summed E-state index contributed by atoms with van der Waals surface area (Å²) in [6.07, 6.45) is 83.1. The van der Waals surface area contributed by atoms with Crippen molar-refractivity contribution >= 4 is 17.9 Å². The van der Waals surface area contributed by atoms with Crippen molar-refractivity contribution in [3.05, 3.63) is 109 Å². The fourth-order valence-corrected chi connectivity index (χ4v) is 9.03. The van der Waals surface area contributed by atoms with Crippen molar-refractivity contribution in [2.45, 2.75) is 283 Å². The third kappa shape index (κ3) is 63.4. The molecule has 9 heteroatoms. The number of allylic oxidation sites excluding steroid dienone is 18. The van der Waals surface area contributed by atoms with Gasteiger partial charge < -0.3 is 33.3 Å². The van der Waals surface area contributed by atoms with Crippen molar-refractivity contribution < 1.29 is 42.9 Å². The molecule has 2 unspecified atom stereocenters. The number of likely N-dealkylation sites (N-methyl/N-ethyl adjacent to an activating group) is 1. The number of carboxylic acid groups (broad SMARTS) is 1. The van der Waals surface area contributed by atoms with E-state index in [1.165, 1.54) is 122 Å². The summed E-state index contributed by atoms with van der Waals surface area (Å²) in [7, 11) is 5.92. The highest BCUT2D eigenvalue weighted by Crippen LogP contribution is 2.17. The van der Waals surface area contributed by atoms with Gasteiger partial charge in [-0.15, -0.1) is 0 Å². The van der Waals surface area contributed by atoms with Gasteiger partial charge in [0.15, 0.2) is 12.4 Å². The number of unbranched alkanes of at least 4 members (excludes halogenated alkanes) is 27. The van der Waals surface area contributed by atoms with Crippen LogP contribution < -0.4 is 5.11 Å². The SMILES string of the molecule is CC/C=C\C/C=C\C/C=C\C/C=C\C/C=C\CCCCCCCCCCCCCCCCCCCCCCCC(=O)OC(COC(=O)CCCCCCCC/C=C\C/C=C\C/C=C\C/C=C\CC)COC(OCC[N+](C)(C)C)C(=O)[O-]. The zero-order valence-corrected chi connectivity index (χ0v) is 52.9. The molecule has 0 aromatic rings. The van der Waals surface area contributed by atoms with E-state index in [9.17, 15) is 19.5 Å². The van der Waals surface area contributed by atoms with E-state index < -0.39 is 24.3 Å². The first kappa shape index (κ1) is 77.0. The van der Waals surface area contributed by atoms with Gasteiger partial charge in [0.2, 0.25) is 0 Å². The molecule has 9 nitrogen and oxygen atoms in total. The molecular weight excluding hydrogens is 1010 g/mol. The van der Waals surface area contributed by atoms with Crippen LogP contribution in [-0.4, -0.2) is 82.3 Å². The summed E-state index contributed by atoms with van der Waals surface area (Å²) in [5.74, 6) is -2.30. The van der Waals surface area contributed by atoms with Crippen LogP contribution in [0.4, 0.5) is 0 Å². The Morgan fingerprint density at radius 1 is 0.370 bits per heavy atom. The number of esters is 2. The number of rotatable bonds is 60. The van der Waals surface area contributed by atoms with Crippen molar-refractivity contribution in [1.82, 2.24) is 0 Å². The van der Waals surface area contributed by atoms with E-state index in [-0.39, 0.29) is 38.6 Å². The molecule has 0 amide bonds. The monoisotopic (exact) mass is 1130 g/mol. The third-order valence-electron chi connectivity index (χ3n) is 14.0. The van der Waals surface area contributed by atoms with E-state index >= 15 is 0 Å². The van der Waals surface area contributed by atoms with Gasteiger partial charge in [0.05, 0.1) is 40.3 Å². The second-order valence-corrected chi connectivity index (χ2v) is 23.0.